The molecule has 1 rings (SSSR count). The molecule has 0 aromatic carbocycles. The molecule has 1 heterocycles. The molecule has 0 radical (unpaired) electrons. The molecule has 0 bridgehead atoms. The lowest BCUT2D eigenvalue weighted by molar-refractivity contribution is 0.600. The van der Waals surface area contributed by atoms with Crippen LogP contribution < -0.4 is 4.72 Å². The summed E-state index contributed by atoms with van der Waals surface area (Å²) in [6.07, 6.45) is 1.36. The summed E-state index contributed by atoms with van der Waals surface area (Å²) in [5.74, 6) is 0.161. The molecule has 0 saturated carbocycles. The predicted molar refractivity (Wildman–Crippen MR) is 59.2 cm³/mol. The number of aryl methyl sites for hydroxylation is 1. The van der Waals surface area contributed by atoms with Gasteiger partial charge in [-0.25, -0.2) is 13.4 Å². The summed E-state index contributed by atoms with van der Waals surface area (Å²) in [4.78, 5) is 4.07. The van der Waals surface area contributed by atoms with E-state index < -0.39 is 10.0 Å². The van der Waals surface area contributed by atoms with Gasteiger partial charge in [-0.3, -0.25) is 4.72 Å². The van der Waals surface area contributed by atoms with E-state index in [-0.39, 0.29) is 5.75 Å². The molecule has 0 amide bonds. The molecule has 0 aliphatic rings. The van der Waals surface area contributed by atoms with Crippen molar-refractivity contribution >= 4 is 26.4 Å². The molecule has 0 atom stereocenters. The molecular formula is C8H14N2O2S2. The van der Waals surface area contributed by atoms with E-state index >= 15 is 0 Å². The maximum absolute atomic E-state index is 11.4. The highest BCUT2D eigenvalue weighted by atomic mass is 32.2. The van der Waals surface area contributed by atoms with E-state index in [2.05, 4.69) is 9.71 Å². The molecule has 80 valence electrons. The standard InChI is InChI=1S/C8H14N2O2S2/c1-3-5-14(11,12)10-8-7(4-2)9-6-13-8/h6,10H,3-5H2,1-2H3. The number of anilines is 1. The van der Waals surface area contributed by atoms with Crippen LogP contribution in [0.3, 0.4) is 0 Å². The van der Waals surface area contributed by atoms with Crippen molar-refractivity contribution in [2.24, 2.45) is 0 Å². The summed E-state index contributed by atoms with van der Waals surface area (Å²) in [6.45, 7) is 3.79. The average Bonchev–Trinajstić information content (AvgIpc) is 2.50. The molecule has 6 heteroatoms. The number of hydrogen-bond acceptors (Lipinski definition) is 4. The summed E-state index contributed by atoms with van der Waals surface area (Å²) in [6, 6.07) is 0. The van der Waals surface area contributed by atoms with Crippen molar-refractivity contribution in [1.29, 1.82) is 0 Å². The zero-order chi connectivity index (χ0) is 10.6. The predicted octanol–water partition coefficient (Wildman–Crippen LogP) is 1.86. The molecule has 0 aliphatic heterocycles. The number of nitrogens with zero attached hydrogens (tertiary/aromatic N) is 1. The first-order valence-electron chi connectivity index (χ1n) is 4.52. The molecule has 1 N–H and O–H groups in total. The number of sulfonamides is 1. The van der Waals surface area contributed by atoms with Gasteiger partial charge in [0, 0.05) is 0 Å². The molecule has 0 saturated heterocycles. The normalized spacial score (nSPS) is 11.6. The first-order valence-corrected chi connectivity index (χ1v) is 7.05. The van der Waals surface area contributed by atoms with Gasteiger partial charge >= 0.3 is 0 Å². The molecule has 14 heavy (non-hydrogen) atoms. The zero-order valence-corrected chi connectivity index (χ0v) is 9.91. The van der Waals surface area contributed by atoms with Gasteiger partial charge in [0.05, 0.1) is 17.0 Å². The fourth-order valence-corrected chi connectivity index (χ4v) is 3.30. The van der Waals surface area contributed by atoms with Crippen LogP contribution in [0.25, 0.3) is 0 Å². The SMILES string of the molecule is CCCS(=O)(=O)Nc1scnc1CC. The van der Waals surface area contributed by atoms with Crippen molar-refractivity contribution in [3.8, 4) is 0 Å². The third-order valence-corrected chi connectivity index (χ3v) is 4.07. The van der Waals surface area contributed by atoms with E-state index in [9.17, 15) is 8.42 Å². The van der Waals surface area contributed by atoms with Gasteiger partial charge in [-0.15, -0.1) is 11.3 Å². The first-order chi connectivity index (χ1) is 6.59. The fraction of sp³-hybridized carbons (Fsp3) is 0.625. The lowest BCUT2D eigenvalue weighted by Gasteiger charge is -2.05. The van der Waals surface area contributed by atoms with Gasteiger partial charge < -0.3 is 0 Å². The molecule has 1 aromatic heterocycles. The van der Waals surface area contributed by atoms with Crippen molar-refractivity contribution < 1.29 is 8.42 Å². The highest BCUT2D eigenvalue weighted by Crippen LogP contribution is 2.21. The van der Waals surface area contributed by atoms with E-state index in [1.54, 1.807) is 5.51 Å². The number of rotatable bonds is 5. The lowest BCUT2D eigenvalue weighted by Crippen LogP contribution is -2.16. The number of nitrogens with one attached hydrogen (secondary N) is 1. The zero-order valence-electron chi connectivity index (χ0n) is 8.28. The van der Waals surface area contributed by atoms with Gasteiger partial charge in [0.1, 0.15) is 5.00 Å². The van der Waals surface area contributed by atoms with Gasteiger partial charge in [-0.05, 0) is 12.8 Å². The Kier molecular flexibility index (Phi) is 3.88. The second-order valence-corrected chi connectivity index (χ2v) is 5.60. The highest BCUT2D eigenvalue weighted by Gasteiger charge is 2.12. The minimum absolute atomic E-state index is 0.161. The van der Waals surface area contributed by atoms with Crippen LogP contribution in [-0.2, 0) is 16.4 Å². The summed E-state index contributed by atoms with van der Waals surface area (Å²) in [5, 5.41) is 0.654. The Morgan fingerprint density at radius 1 is 1.50 bits per heavy atom. The quantitative estimate of drug-likeness (QED) is 0.846. The van der Waals surface area contributed by atoms with Crippen LogP contribution in [0.5, 0.6) is 0 Å². The van der Waals surface area contributed by atoms with Gasteiger partial charge in [0.2, 0.25) is 10.0 Å². The molecule has 1 aromatic rings. The van der Waals surface area contributed by atoms with Crippen LogP contribution in [0.1, 0.15) is 26.0 Å². The average molecular weight is 234 g/mol. The van der Waals surface area contributed by atoms with Crippen LogP contribution in [0.15, 0.2) is 5.51 Å². The third-order valence-electron chi connectivity index (χ3n) is 1.70. The van der Waals surface area contributed by atoms with E-state index in [1.165, 1.54) is 11.3 Å². The monoisotopic (exact) mass is 234 g/mol. The summed E-state index contributed by atoms with van der Waals surface area (Å²) in [7, 11) is -3.17. The van der Waals surface area contributed by atoms with Gasteiger partial charge in [-0.2, -0.15) is 0 Å². The topological polar surface area (TPSA) is 59.1 Å². The van der Waals surface area contributed by atoms with Crippen LogP contribution >= 0.6 is 11.3 Å². The number of thiazole rings is 1. The molecule has 0 unspecified atom stereocenters. The second-order valence-electron chi connectivity index (χ2n) is 2.90. The minimum Gasteiger partial charge on any atom is -0.273 e. The van der Waals surface area contributed by atoms with Gasteiger partial charge in [-0.1, -0.05) is 13.8 Å². The van der Waals surface area contributed by atoms with Gasteiger partial charge in [0.25, 0.3) is 0 Å². The number of aromatic nitrogens is 1. The Hall–Kier alpha value is -0.620. The largest absolute Gasteiger partial charge is 0.273 e. The molecule has 0 fully saturated rings. The lowest BCUT2D eigenvalue weighted by atomic mass is 10.4. The van der Waals surface area contributed by atoms with Crippen molar-refractivity contribution in [3.63, 3.8) is 0 Å². The van der Waals surface area contributed by atoms with Crippen molar-refractivity contribution in [3.05, 3.63) is 11.2 Å². The maximum Gasteiger partial charge on any atom is 0.233 e. The smallest absolute Gasteiger partial charge is 0.233 e. The summed E-state index contributed by atoms with van der Waals surface area (Å²) < 4.78 is 25.4. The fourth-order valence-electron chi connectivity index (χ4n) is 1.07. The third kappa shape index (κ3) is 2.95. The van der Waals surface area contributed by atoms with Crippen LogP contribution in [0.4, 0.5) is 5.00 Å². The minimum atomic E-state index is -3.17. The van der Waals surface area contributed by atoms with E-state index in [0.717, 1.165) is 12.1 Å². The first kappa shape index (κ1) is 11.5. The summed E-state index contributed by atoms with van der Waals surface area (Å²) >= 11 is 1.33. The Morgan fingerprint density at radius 2 is 2.21 bits per heavy atom. The summed E-state index contributed by atoms with van der Waals surface area (Å²) in [5.41, 5.74) is 2.47. The van der Waals surface area contributed by atoms with Crippen molar-refractivity contribution in [1.82, 2.24) is 4.98 Å². The maximum atomic E-state index is 11.4. The highest BCUT2D eigenvalue weighted by molar-refractivity contribution is 7.92. The van der Waals surface area contributed by atoms with Crippen LogP contribution in [0, 0.1) is 0 Å². The van der Waals surface area contributed by atoms with Crippen molar-refractivity contribution in [2.45, 2.75) is 26.7 Å². The van der Waals surface area contributed by atoms with E-state index in [4.69, 9.17) is 0 Å². The van der Waals surface area contributed by atoms with Crippen molar-refractivity contribution in [2.75, 3.05) is 10.5 Å². The number of hydrogen-bond donors (Lipinski definition) is 1. The Balaban J connectivity index is 2.78. The Morgan fingerprint density at radius 3 is 2.79 bits per heavy atom. The molecule has 4 nitrogen and oxygen atoms in total. The van der Waals surface area contributed by atoms with E-state index in [0.29, 0.717) is 11.4 Å². The van der Waals surface area contributed by atoms with Crippen LogP contribution in [0.2, 0.25) is 0 Å². The van der Waals surface area contributed by atoms with E-state index in [1.807, 2.05) is 13.8 Å². The molecule has 0 spiro atoms. The second kappa shape index (κ2) is 4.75. The molecular weight excluding hydrogens is 220 g/mol. The van der Waals surface area contributed by atoms with Gasteiger partial charge in [0.15, 0.2) is 0 Å². The van der Waals surface area contributed by atoms with Crippen LogP contribution in [-0.4, -0.2) is 19.2 Å². The molecule has 0 aliphatic carbocycles. The Bertz CT molecular complexity index is 384. The Labute approximate surface area is 88.4 Å².